The quantitative estimate of drug-likeness (QED) is 0.853. The monoisotopic (exact) mass is 284 g/mol. The number of hydrogen-bond donors (Lipinski definition) is 0. The van der Waals surface area contributed by atoms with Crippen LogP contribution in [0.5, 0.6) is 0 Å². The smallest absolute Gasteiger partial charge is 0.227 e. The number of hydrogen-bond acceptors (Lipinski definition) is 3. The van der Waals surface area contributed by atoms with Crippen molar-refractivity contribution >= 4 is 35.0 Å². The topological polar surface area (TPSA) is 23.6 Å². The number of anilines is 1. The van der Waals surface area contributed by atoms with E-state index in [1.54, 1.807) is 11.8 Å². The van der Waals surface area contributed by atoms with Gasteiger partial charge in [-0.25, -0.2) is 0 Å². The lowest BCUT2D eigenvalue weighted by Crippen LogP contribution is -2.36. The Bertz CT molecular complexity index is 451. The molecule has 0 aliphatic carbocycles. The third-order valence-corrected chi connectivity index (χ3v) is 4.42. The Labute approximate surface area is 117 Å². The van der Waals surface area contributed by atoms with Gasteiger partial charge in [0.15, 0.2) is 0 Å². The van der Waals surface area contributed by atoms with E-state index in [1.165, 1.54) is 0 Å². The molecule has 0 atom stereocenters. The van der Waals surface area contributed by atoms with Crippen LogP contribution in [0.1, 0.15) is 6.42 Å². The summed E-state index contributed by atoms with van der Waals surface area (Å²) >= 11 is 7.89. The maximum atomic E-state index is 12.2. The van der Waals surface area contributed by atoms with Gasteiger partial charge < -0.3 is 9.80 Å². The van der Waals surface area contributed by atoms with E-state index in [0.717, 1.165) is 27.9 Å². The van der Waals surface area contributed by atoms with Crippen LogP contribution in [0, 0.1) is 0 Å². The Morgan fingerprint density at radius 2 is 2.22 bits per heavy atom. The van der Waals surface area contributed by atoms with E-state index in [9.17, 15) is 4.79 Å². The van der Waals surface area contributed by atoms with Crippen LogP contribution in [0.2, 0.25) is 5.02 Å². The number of benzene rings is 1. The predicted molar refractivity (Wildman–Crippen MR) is 77.7 cm³/mol. The first kappa shape index (κ1) is 13.7. The van der Waals surface area contributed by atoms with Crippen LogP contribution < -0.4 is 4.90 Å². The van der Waals surface area contributed by atoms with E-state index in [4.69, 9.17) is 11.6 Å². The Morgan fingerprint density at radius 3 is 2.94 bits per heavy atom. The van der Waals surface area contributed by atoms with Crippen LogP contribution in [0.4, 0.5) is 5.69 Å². The van der Waals surface area contributed by atoms with Crippen LogP contribution in [0.3, 0.4) is 0 Å². The number of carbonyl (C=O) groups is 1. The van der Waals surface area contributed by atoms with Gasteiger partial charge >= 0.3 is 0 Å². The van der Waals surface area contributed by atoms with Gasteiger partial charge in [-0.2, -0.15) is 0 Å². The molecule has 1 aromatic carbocycles. The second-order valence-electron chi connectivity index (χ2n) is 4.54. The van der Waals surface area contributed by atoms with E-state index in [-0.39, 0.29) is 5.91 Å². The van der Waals surface area contributed by atoms with Gasteiger partial charge in [0.1, 0.15) is 0 Å². The maximum absolute atomic E-state index is 12.2. The lowest BCUT2D eigenvalue weighted by molar-refractivity contribution is -0.118. The fourth-order valence-corrected chi connectivity index (χ4v) is 3.25. The molecule has 1 aliphatic heterocycles. The highest BCUT2D eigenvalue weighted by Gasteiger charge is 2.23. The van der Waals surface area contributed by atoms with Gasteiger partial charge in [-0.3, -0.25) is 4.79 Å². The molecule has 0 radical (unpaired) electrons. The SMILES string of the molecule is CN(C)CCN1C(=O)CCSc2c(Cl)cccc21. The molecule has 98 valence electrons. The lowest BCUT2D eigenvalue weighted by Gasteiger charge is -2.24. The molecule has 0 unspecified atom stereocenters. The molecule has 0 saturated heterocycles. The van der Waals surface area contributed by atoms with E-state index in [2.05, 4.69) is 4.90 Å². The number of thioether (sulfide) groups is 1. The molecule has 2 rings (SSSR count). The highest BCUT2D eigenvalue weighted by atomic mass is 35.5. The van der Waals surface area contributed by atoms with Crippen LogP contribution in [0.15, 0.2) is 23.1 Å². The van der Waals surface area contributed by atoms with Crippen LogP contribution in [-0.4, -0.2) is 43.7 Å². The second kappa shape index (κ2) is 5.95. The maximum Gasteiger partial charge on any atom is 0.227 e. The molecule has 5 heteroatoms. The summed E-state index contributed by atoms with van der Waals surface area (Å²) in [5.41, 5.74) is 0.955. The van der Waals surface area contributed by atoms with Gasteiger partial charge in [-0.15, -0.1) is 11.8 Å². The average molecular weight is 285 g/mol. The third-order valence-electron chi connectivity index (χ3n) is 2.87. The minimum atomic E-state index is 0.186. The molecule has 1 aliphatic rings. The van der Waals surface area contributed by atoms with Gasteiger partial charge in [0, 0.05) is 30.2 Å². The third kappa shape index (κ3) is 2.99. The molecule has 0 saturated carbocycles. The zero-order valence-electron chi connectivity index (χ0n) is 10.6. The van der Waals surface area contributed by atoms with Gasteiger partial charge in [0.05, 0.1) is 10.7 Å². The zero-order valence-corrected chi connectivity index (χ0v) is 12.2. The van der Waals surface area contributed by atoms with Crippen molar-refractivity contribution < 1.29 is 4.79 Å². The molecule has 1 aromatic rings. The Balaban J connectivity index is 2.32. The minimum absolute atomic E-state index is 0.186. The largest absolute Gasteiger partial charge is 0.310 e. The van der Waals surface area contributed by atoms with Crippen LogP contribution in [-0.2, 0) is 4.79 Å². The first-order valence-corrected chi connectivity index (χ1v) is 7.32. The van der Waals surface area contributed by atoms with Gasteiger partial charge in [-0.05, 0) is 26.2 Å². The van der Waals surface area contributed by atoms with Crippen LogP contribution >= 0.6 is 23.4 Å². The standard InChI is InChI=1S/C13H17ClN2OS/c1-15(2)7-8-16-11-5-3-4-10(14)13(11)18-9-6-12(16)17/h3-5H,6-9H2,1-2H3. The second-order valence-corrected chi connectivity index (χ2v) is 6.05. The van der Waals surface area contributed by atoms with E-state index in [0.29, 0.717) is 13.0 Å². The summed E-state index contributed by atoms with van der Waals surface area (Å²) in [4.78, 5) is 17.1. The molecule has 0 aromatic heterocycles. The van der Waals surface area contributed by atoms with Gasteiger partial charge in [0.2, 0.25) is 5.91 Å². The van der Waals surface area contributed by atoms with Crippen molar-refractivity contribution in [3.63, 3.8) is 0 Å². The highest BCUT2D eigenvalue weighted by molar-refractivity contribution is 7.99. The van der Waals surface area contributed by atoms with Crippen LogP contribution in [0.25, 0.3) is 0 Å². The number of halogens is 1. The first-order valence-electron chi connectivity index (χ1n) is 5.96. The highest BCUT2D eigenvalue weighted by Crippen LogP contribution is 2.39. The minimum Gasteiger partial charge on any atom is -0.310 e. The summed E-state index contributed by atoms with van der Waals surface area (Å²) in [5.74, 6) is 0.985. The number of rotatable bonds is 3. The fraction of sp³-hybridized carbons (Fsp3) is 0.462. The number of fused-ring (bicyclic) bond motifs is 1. The summed E-state index contributed by atoms with van der Waals surface area (Å²) in [7, 11) is 4.02. The molecule has 0 bridgehead atoms. The summed E-state index contributed by atoms with van der Waals surface area (Å²) in [6.45, 7) is 1.56. The van der Waals surface area contributed by atoms with E-state index < -0.39 is 0 Å². The summed E-state index contributed by atoms with van der Waals surface area (Å²) < 4.78 is 0. The Morgan fingerprint density at radius 1 is 1.44 bits per heavy atom. The molecule has 3 nitrogen and oxygen atoms in total. The van der Waals surface area contributed by atoms with E-state index in [1.807, 2.05) is 37.2 Å². The number of carbonyl (C=O) groups excluding carboxylic acids is 1. The molecular weight excluding hydrogens is 268 g/mol. The lowest BCUT2D eigenvalue weighted by atomic mass is 10.2. The molecule has 18 heavy (non-hydrogen) atoms. The summed E-state index contributed by atoms with van der Waals surface area (Å²) in [6, 6.07) is 5.77. The molecular formula is C13H17ClN2OS. The summed E-state index contributed by atoms with van der Waals surface area (Å²) in [6.07, 6.45) is 0.573. The normalized spacial score (nSPS) is 15.8. The first-order chi connectivity index (χ1) is 8.59. The molecule has 1 heterocycles. The molecule has 1 amide bonds. The summed E-state index contributed by atoms with van der Waals surface area (Å²) in [5, 5.41) is 0.738. The van der Waals surface area contributed by atoms with Crippen molar-refractivity contribution in [1.29, 1.82) is 0 Å². The average Bonchev–Trinajstić information content (AvgIpc) is 2.47. The van der Waals surface area contributed by atoms with Crippen molar-refractivity contribution in [2.45, 2.75) is 11.3 Å². The number of likely N-dealkylation sites (N-methyl/N-ethyl adjacent to an activating group) is 1. The zero-order chi connectivity index (χ0) is 13.1. The van der Waals surface area contributed by atoms with Crippen molar-refractivity contribution in [2.24, 2.45) is 0 Å². The van der Waals surface area contributed by atoms with Crippen molar-refractivity contribution in [3.05, 3.63) is 23.2 Å². The predicted octanol–water partition coefficient (Wildman–Crippen LogP) is 2.73. The number of amides is 1. The van der Waals surface area contributed by atoms with Crippen molar-refractivity contribution in [3.8, 4) is 0 Å². The Hall–Kier alpha value is -0.710. The van der Waals surface area contributed by atoms with E-state index >= 15 is 0 Å². The Kier molecular flexibility index (Phi) is 4.54. The molecule has 0 fully saturated rings. The van der Waals surface area contributed by atoms with Gasteiger partial charge in [0.25, 0.3) is 0 Å². The molecule has 0 spiro atoms. The molecule has 0 N–H and O–H groups in total. The van der Waals surface area contributed by atoms with Crippen molar-refractivity contribution in [2.75, 3.05) is 37.8 Å². The van der Waals surface area contributed by atoms with Gasteiger partial charge in [-0.1, -0.05) is 17.7 Å². The number of nitrogens with zero attached hydrogens (tertiary/aromatic N) is 2. The fourth-order valence-electron chi connectivity index (χ4n) is 1.91. The van der Waals surface area contributed by atoms with Crippen molar-refractivity contribution in [1.82, 2.24) is 4.90 Å².